The van der Waals surface area contributed by atoms with E-state index in [0.717, 1.165) is 38.5 Å². The van der Waals surface area contributed by atoms with E-state index in [1.807, 2.05) is 13.8 Å². The first-order valence-corrected chi connectivity index (χ1v) is 11.1. The van der Waals surface area contributed by atoms with E-state index in [-0.39, 0.29) is 24.2 Å². The summed E-state index contributed by atoms with van der Waals surface area (Å²) in [5.74, 6) is -3.49. The van der Waals surface area contributed by atoms with Gasteiger partial charge < -0.3 is 4.74 Å². The first kappa shape index (κ1) is 25.1. The predicted molar refractivity (Wildman–Crippen MR) is 112 cm³/mol. The Kier molecular flexibility index (Phi) is 8.71. The maximum atomic E-state index is 15.1. The summed E-state index contributed by atoms with van der Waals surface area (Å²) in [5, 5.41) is 0. The third-order valence-corrected chi connectivity index (χ3v) is 7.12. The number of halogens is 2. The molecule has 0 aromatic carbocycles. The highest BCUT2D eigenvalue weighted by Gasteiger charge is 2.51. The van der Waals surface area contributed by atoms with E-state index >= 15 is 8.78 Å². The fraction of sp³-hybridized carbons (Fsp3) is 0.875. The highest BCUT2D eigenvalue weighted by atomic mass is 19.3. The smallest absolute Gasteiger partial charge is 0.341 e. The maximum Gasteiger partial charge on any atom is 0.341 e. The lowest BCUT2D eigenvalue weighted by molar-refractivity contribution is -0.169. The number of ketones is 1. The van der Waals surface area contributed by atoms with E-state index in [4.69, 9.17) is 4.74 Å². The fourth-order valence-corrected chi connectivity index (χ4v) is 4.66. The number of hydrogen-bond donors (Lipinski definition) is 0. The molecule has 0 spiro atoms. The van der Waals surface area contributed by atoms with Crippen LogP contribution in [-0.2, 0) is 9.53 Å². The van der Waals surface area contributed by atoms with Gasteiger partial charge in [-0.15, -0.1) is 0 Å². The molecule has 0 radical (unpaired) electrons. The molecule has 1 fully saturated rings. The number of ether oxygens (including phenoxy) is 1. The Morgan fingerprint density at radius 1 is 1.14 bits per heavy atom. The van der Waals surface area contributed by atoms with Gasteiger partial charge in [0.2, 0.25) is 5.78 Å². The minimum atomic E-state index is -3.49. The van der Waals surface area contributed by atoms with Crippen LogP contribution in [0.4, 0.5) is 8.78 Å². The van der Waals surface area contributed by atoms with Crippen LogP contribution in [0.5, 0.6) is 0 Å². The van der Waals surface area contributed by atoms with Crippen LogP contribution in [0.2, 0.25) is 0 Å². The number of allylic oxidation sites excluding steroid dienone is 1. The summed E-state index contributed by atoms with van der Waals surface area (Å²) >= 11 is 0. The van der Waals surface area contributed by atoms with Crippen LogP contribution in [0.25, 0.3) is 0 Å². The van der Waals surface area contributed by atoms with Crippen molar-refractivity contribution in [1.82, 2.24) is 0 Å². The molecular weight excluding hydrogens is 358 g/mol. The summed E-state index contributed by atoms with van der Waals surface area (Å²) in [6, 6.07) is 0. The van der Waals surface area contributed by atoms with Crippen LogP contribution in [0.1, 0.15) is 99.8 Å². The van der Waals surface area contributed by atoms with Crippen LogP contribution < -0.4 is 0 Å². The third-order valence-electron chi connectivity index (χ3n) is 7.12. The summed E-state index contributed by atoms with van der Waals surface area (Å²) in [6.45, 7) is 18.0. The molecule has 2 unspecified atom stereocenters. The van der Waals surface area contributed by atoms with Crippen LogP contribution >= 0.6 is 0 Å². The number of hydrogen-bond acceptors (Lipinski definition) is 2. The van der Waals surface area contributed by atoms with Crippen molar-refractivity contribution in [2.75, 3.05) is 0 Å². The van der Waals surface area contributed by atoms with Gasteiger partial charge in [0.25, 0.3) is 0 Å². The van der Waals surface area contributed by atoms with E-state index in [9.17, 15) is 4.79 Å². The molecule has 0 aromatic rings. The molecule has 2 atom stereocenters. The van der Waals surface area contributed by atoms with Crippen LogP contribution in [0.15, 0.2) is 12.3 Å². The van der Waals surface area contributed by atoms with Gasteiger partial charge in [0.1, 0.15) is 0 Å². The molecule has 0 amide bonds. The molecule has 1 aliphatic rings. The summed E-state index contributed by atoms with van der Waals surface area (Å²) < 4.78 is 36.1. The monoisotopic (exact) mass is 400 g/mol. The van der Waals surface area contributed by atoms with Gasteiger partial charge in [-0.25, -0.2) is 0 Å². The summed E-state index contributed by atoms with van der Waals surface area (Å²) in [7, 11) is 0. The Morgan fingerprint density at radius 2 is 1.68 bits per heavy atom. The standard InChI is InChI=1S/C24H42F2O2/c1-9-21(28-19(7)22(8,18(5)6)15-17(3)4)24(25,26)20(27)16-23(10-2)13-11-12-14-23/h17-18,21H,7,9-16H2,1-6,8H3. The molecule has 0 aromatic heterocycles. The van der Waals surface area contributed by atoms with E-state index in [1.165, 1.54) is 0 Å². The molecular formula is C24H42F2O2. The fourth-order valence-electron chi connectivity index (χ4n) is 4.66. The Balaban J connectivity index is 2.97. The Labute approximate surface area is 171 Å². The first-order chi connectivity index (χ1) is 12.8. The number of alkyl halides is 2. The molecule has 28 heavy (non-hydrogen) atoms. The van der Waals surface area contributed by atoms with Gasteiger partial charge in [0.05, 0.1) is 5.76 Å². The predicted octanol–water partition coefficient (Wildman–Crippen LogP) is 7.57. The molecule has 0 heterocycles. The van der Waals surface area contributed by atoms with Gasteiger partial charge in [0.15, 0.2) is 6.10 Å². The zero-order valence-corrected chi connectivity index (χ0v) is 19.2. The normalized spacial score (nSPS) is 20.2. The maximum absolute atomic E-state index is 15.1. The summed E-state index contributed by atoms with van der Waals surface area (Å²) in [5.41, 5.74) is -0.656. The lowest BCUT2D eigenvalue weighted by Gasteiger charge is -2.39. The minimum absolute atomic E-state index is 0.0454. The number of rotatable bonds is 12. The first-order valence-electron chi connectivity index (χ1n) is 11.1. The molecule has 2 nitrogen and oxygen atoms in total. The molecule has 0 saturated heterocycles. The lowest BCUT2D eigenvalue weighted by Crippen LogP contribution is -2.45. The molecule has 1 aliphatic carbocycles. The largest absolute Gasteiger partial charge is 0.488 e. The third kappa shape index (κ3) is 5.57. The van der Waals surface area contributed by atoms with Crippen molar-refractivity contribution < 1.29 is 18.3 Å². The molecule has 4 heteroatoms. The number of Topliss-reactive ketones (excluding diaryl/α,β-unsaturated/α-hetero) is 1. The van der Waals surface area contributed by atoms with Gasteiger partial charge in [-0.05, 0) is 42.9 Å². The van der Waals surface area contributed by atoms with Gasteiger partial charge in [0, 0.05) is 11.8 Å². The van der Waals surface area contributed by atoms with Crippen molar-refractivity contribution in [2.45, 2.75) is 112 Å². The van der Waals surface area contributed by atoms with Gasteiger partial charge in [-0.2, -0.15) is 8.78 Å². The van der Waals surface area contributed by atoms with E-state index in [1.54, 1.807) is 6.92 Å². The van der Waals surface area contributed by atoms with E-state index in [2.05, 4.69) is 34.3 Å². The molecule has 1 saturated carbocycles. The van der Waals surface area contributed by atoms with Crippen LogP contribution in [0.3, 0.4) is 0 Å². The Morgan fingerprint density at radius 3 is 2.07 bits per heavy atom. The van der Waals surface area contributed by atoms with Crippen molar-refractivity contribution in [3.05, 3.63) is 12.3 Å². The average Bonchev–Trinajstić information content (AvgIpc) is 3.07. The van der Waals surface area contributed by atoms with Gasteiger partial charge in [-0.1, -0.05) is 74.3 Å². The lowest BCUT2D eigenvalue weighted by atomic mass is 9.72. The van der Waals surface area contributed by atoms with Gasteiger partial charge >= 0.3 is 5.92 Å². The minimum Gasteiger partial charge on any atom is -0.488 e. The average molecular weight is 401 g/mol. The van der Waals surface area contributed by atoms with Gasteiger partial charge in [-0.3, -0.25) is 4.79 Å². The zero-order valence-electron chi connectivity index (χ0n) is 19.2. The Bertz CT molecular complexity index is 533. The molecule has 0 N–H and O–H groups in total. The molecule has 1 rings (SSSR count). The topological polar surface area (TPSA) is 26.3 Å². The zero-order chi connectivity index (χ0) is 21.8. The molecule has 164 valence electrons. The van der Waals surface area contributed by atoms with E-state index < -0.39 is 23.2 Å². The SMILES string of the molecule is C=C(OC(CC)C(F)(F)C(=O)CC1(CC)CCCC1)C(C)(CC(C)C)C(C)C. The second-order valence-corrected chi connectivity index (χ2v) is 9.89. The molecule has 0 bridgehead atoms. The van der Waals surface area contributed by atoms with Crippen LogP contribution in [-0.4, -0.2) is 17.8 Å². The van der Waals surface area contributed by atoms with Crippen molar-refractivity contribution in [1.29, 1.82) is 0 Å². The quantitative estimate of drug-likeness (QED) is 0.316. The van der Waals surface area contributed by atoms with Crippen molar-refractivity contribution in [2.24, 2.45) is 22.7 Å². The second-order valence-electron chi connectivity index (χ2n) is 9.89. The van der Waals surface area contributed by atoms with Crippen molar-refractivity contribution in [3.63, 3.8) is 0 Å². The highest BCUT2D eigenvalue weighted by molar-refractivity contribution is 5.87. The highest BCUT2D eigenvalue weighted by Crippen LogP contribution is 2.47. The number of carbonyl (C=O) groups excluding carboxylic acids is 1. The Hall–Kier alpha value is -0.930. The van der Waals surface area contributed by atoms with E-state index in [0.29, 0.717) is 11.7 Å². The number of carbonyl (C=O) groups is 1. The molecule has 0 aliphatic heterocycles. The second kappa shape index (κ2) is 9.71. The summed E-state index contributed by atoms with van der Waals surface area (Å²) in [4.78, 5) is 12.7. The van der Waals surface area contributed by atoms with Crippen molar-refractivity contribution in [3.8, 4) is 0 Å². The van der Waals surface area contributed by atoms with Crippen molar-refractivity contribution >= 4 is 5.78 Å². The van der Waals surface area contributed by atoms with Crippen LogP contribution in [0, 0.1) is 22.7 Å². The summed E-state index contributed by atoms with van der Waals surface area (Å²) in [6.07, 6.45) is 3.96.